The standard InChI is InChI=1S/C14H21NOS/c1-10-4-3-5-13(8-10)17(16)14-9-12(15)7-6-11(14)2/h6-7,9-10,13H,3-5,8,15H2,1-2H3. The molecule has 17 heavy (non-hydrogen) atoms. The summed E-state index contributed by atoms with van der Waals surface area (Å²) in [5.41, 5.74) is 7.59. The van der Waals surface area contributed by atoms with Crippen molar-refractivity contribution in [3.05, 3.63) is 23.8 Å². The molecule has 3 unspecified atom stereocenters. The molecule has 1 saturated carbocycles. The zero-order chi connectivity index (χ0) is 12.4. The smallest absolute Gasteiger partial charge is 0.0564 e. The maximum atomic E-state index is 12.6. The van der Waals surface area contributed by atoms with Crippen LogP contribution in [0, 0.1) is 12.8 Å². The molecule has 2 N–H and O–H groups in total. The number of hydrogen-bond donors (Lipinski definition) is 1. The van der Waals surface area contributed by atoms with Crippen molar-refractivity contribution in [3.63, 3.8) is 0 Å². The molecule has 1 aromatic carbocycles. The van der Waals surface area contributed by atoms with Gasteiger partial charge in [0.25, 0.3) is 0 Å². The molecule has 0 aliphatic heterocycles. The predicted molar refractivity (Wildman–Crippen MR) is 73.4 cm³/mol. The molecule has 1 fully saturated rings. The van der Waals surface area contributed by atoms with Gasteiger partial charge in [-0.05, 0) is 43.4 Å². The summed E-state index contributed by atoms with van der Waals surface area (Å²) in [4.78, 5) is 0.934. The van der Waals surface area contributed by atoms with Gasteiger partial charge in [0.1, 0.15) is 0 Å². The highest BCUT2D eigenvalue weighted by Crippen LogP contribution is 2.31. The zero-order valence-corrected chi connectivity index (χ0v) is 11.4. The fourth-order valence-electron chi connectivity index (χ4n) is 2.59. The minimum atomic E-state index is -0.892. The second kappa shape index (κ2) is 5.21. The van der Waals surface area contributed by atoms with Gasteiger partial charge in [0.15, 0.2) is 0 Å². The van der Waals surface area contributed by atoms with E-state index in [1.54, 1.807) is 0 Å². The topological polar surface area (TPSA) is 43.1 Å². The maximum absolute atomic E-state index is 12.6. The highest BCUT2D eigenvalue weighted by atomic mass is 32.2. The highest BCUT2D eigenvalue weighted by molar-refractivity contribution is 7.85. The quantitative estimate of drug-likeness (QED) is 0.820. The van der Waals surface area contributed by atoms with Crippen molar-refractivity contribution in [1.29, 1.82) is 0 Å². The summed E-state index contributed by atoms with van der Waals surface area (Å²) in [6.07, 6.45) is 4.66. The van der Waals surface area contributed by atoms with Crippen molar-refractivity contribution in [1.82, 2.24) is 0 Å². The van der Waals surface area contributed by atoms with E-state index in [9.17, 15) is 4.21 Å². The molecule has 2 rings (SSSR count). The van der Waals surface area contributed by atoms with Crippen LogP contribution in [-0.2, 0) is 10.8 Å². The molecule has 0 bridgehead atoms. The lowest BCUT2D eigenvalue weighted by atomic mass is 9.91. The Hall–Kier alpha value is -0.830. The second-order valence-corrected chi connectivity index (χ2v) is 6.92. The van der Waals surface area contributed by atoms with Gasteiger partial charge >= 0.3 is 0 Å². The number of aryl methyl sites for hydroxylation is 1. The molecule has 0 aromatic heterocycles. The molecule has 0 amide bonds. The molecule has 2 nitrogen and oxygen atoms in total. The Morgan fingerprint density at radius 1 is 1.35 bits per heavy atom. The summed E-state index contributed by atoms with van der Waals surface area (Å²) < 4.78 is 12.6. The van der Waals surface area contributed by atoms with Gasteiger partial charge in [-0.15, -0.1) is 0 Å². The summed E-state index contributed by atoms with van der Waals surface area (Å²) in [7, 11) is -0.892. The van der Waals surface area contributed by atoms with Crippen molar-refractivity contribution in [2.24, 2.45) is 5.92 Å². The first-order valence-corrected chi connectivity index (χ1v) is 7.56. The molecular weight excluding hydrogens is 230 g/mol. The Kier molecular flexibility index (Phi) is 3.87. The van der Waals surface area contributed by atoms with E-state index >= 15 is 0 Å². The summed E-state index contributed by atoms with van der Waals surface area (Å²) in [5.74, 6) is 0.707. The lowest BCUT2D eigenvalue weighted by Gasteiger charge is -2.26. The van der Waals surface area contributed by atoms with Crippen LogP contribution in [-0.4, -0.2) is 9.46 Å². The zero-order valence-electron chi connectivity index (χ0n) is 10.6. The van der Waals surface area contributed by atoms with E-state index in [1.807, 2.05) is 25.1 Å². The van der Waals surface area contributed by atoms with Crippen LogP contribution >= 0.6 is 0 Å². The van der Waals surface area contributed by atoms with Gasteiger partial charge in [0, 0.05) is 15.8 Å². The van der Waals surface area contributed by atoms with E-state index in [1.165, 1.54) is 12.8 Å². The van der Waals surface area contributed by atoms with Crippen LogP contribution in [0.2, 0.25) is 0 Å². The number of nitrogens with two attached hydrogens (primary N) is 1. The Balaban J connectivity index is 2.21. The molecule has 0 heterocycles. The van der Waals surface area contributed by atoms with Crippen LogP contribution in [0.3, 0.4) is 0 Å². The van der Waals surface area contributed by atoms with Crippen molar-refractivity contribution in [2.75, 3.05) is 5.73 Å². The van der Waals surface area contributed by atoms with E-state index in [0.717, 1.165) is 23.3 Å². The van der Waals surface area contributed by atoms with Gasteiger partial charge in [-0.3, -0.25) is 4.21 Å². The third-order valence-corrected chi connectivity index (χ3v) is 5.53. The Bertz CT molecular complexity index is 430. The number of nitrogen functional groups attached to an aromatic ring is 1. The minimum absolute atomic E-state index is 0.319. The Labute approximate surface area is 106 Å². The monoisotopic (exact) mass is 251 g/mol. The number of rotatable bonds is 2. The lowest BCUT2D eigenvalue weighted by molar-refractivity contribution is 0.389. The first-order valence-electron chi connectivity index (χ1n) is 6.34. The third kappa shape index (κ3) is 2.89. The Morgan fingerprint density at radius 3 is 2.82 bits per heavy atom. The molecular formula is C14H21NOS. The number of hydrogen-bond acceptors (Lipinski definition) is 2. The van der Waals surface area contributed by atoms with Crippen LogP contribution in [0.5, 0.6) is 0 Å². The molecule has 0 spiro atoms. The fraction of sp³-hybridized carbons (Fsp3) is 0.571. The van der Waals surface area contributed by atoms with Gasteiger partial charge in [-0.2, -0.15) is 0 Å². The van der Waals surface area contributed by atoms with Gasteiger partial charge in [-0.25, -0.2) is 0 Å². The second-order valence-electron chi connectivity index (χ2n) is 5.22. The molecule has 3 atom stereocenters. The van der Waals surface area contributed by atoms with E-state index in [0.29, 0.717) is 16.9 Å². The van der Waals surface area contributed by atoms with E-state index in [4.69, 9.17) is 5.73 Å². The van der Waals surface area contributed by atoms with Crippen LogP contribution in [0.4, 0.5) is 5.69 Å². The van der Waals surface area contributed by atoms with Crippen molar-refractivity contribution >= 4 is 16.5 Å². The fourth-order valence-corrected chi connectivity index (χ4v) is 4.47. The lowest BCUT2D eigenvalue weighted by Crippen LogP contribution is -2.23. The van der Waals surface area contributed by atoms with E-state index in [2.05, 4.69) is 6.92 Å². The number of benzene rings is 1. The summed E-state index contributed by atoms with van der Waals surface area (Å²) in [6, 6.07) is 5.72. The number of anilines is 1. The van der Waals surface area contributed by atoms with Gasteiger partial charge in [-0.1, -0.05) is 25.8 Å². The van der Waals surface area contributed by atoms with Gasteiger partial charge in [0.2, 0.25) is 0 Å². The minimum Gasteiger partial charge on any atom is -0.399 e. The van der Waals surface area contributed by atoms with Crippen molar-refractivity contribution in [2.45, 2.75) is 49.7 Å². The molecule has 0 radical (unpaired) electrons. The van der Waals surface area contributed by atoms with Crippen molar-refractivity contribution in [3.8, 4) is 0 Å². The molecule has 94 valence electrons. The van der Waals surface area contributed by atoms with Crippen molar-refractivity contribution < 1.29 is 4.21 Å². The molecule has 1 aliphatic carbocycles. The molecule has 1 aliphatic rings. The summed E-state index contributed by atoms with van der Waals surface area (Å²) in [5, 5.41) is 0.319. The van der Waals surface area contributed by atoms with E-state index < -0.39 is 10.8 Å². The normalized spacial score (nSPS) is 26.7. The molecule has 1 aromatic rings. The Morgan fingerprint density at radius 2 is 2.12 bits per heavy atom. The SMILES string of the molecule is Cc1ccc(N)cc1S(=O)C1CCCC(C)C1. The average Bonchev–Trinajstić information content (AvgIpc) is 2.31. The molecule has 0 saturated heterocycles. The van der Waals surface area contributed by atoms with E-state index in [-0.39, 0.29) is 0 Å². The van der Waals surface area contributed by atoms with Gasteiger partial charge in [0.05, 0.1) is 10.8 Å². The summed E-state index contributed by atoms with van der Waals surface area (Å²) >= 11 is 0. The van der Waals surface area contributed by atoms with Crippen LogP contribution in [0.15, 0.2) is 23.1 Å². The predicted octanol–water partition coefficient (Wildman–Crippen LogP) is 3.26. The first kappa shape index (κ1) is 12.6. The maximum Gasteiger partial charge on any atom is 0.0564 e. The van der Waals surface area contributed by atoms with Crippen LogP contribution < -0.4 is 5.73 Å². The average molecular weight is 251 g/mol. The highest BCUT2D eigenvalue weighted by Gasteiger charge is 2.25. The van der Waals surface area contributed by atoms with Gasteiger partial charge < -0.3 is 5.73 Å². The summed E-state index contributed by atoms with van der Waals surface area (Å²) in [6.45, 7) is 4.27. The molecule has 3 heteroatoms. The first-order chi connectivity index (χ1) is 8.08. The van der Waals surface area contributed by atoms with Crippen LogP contribution in [0.25, 0.3) is 0 Å². The van der Waals surface area contributed by atoms with Crippen LogP contribution in [0.1, 0.15) is 38.2 Å². The largest absolute Gasteiger partial charge is 0.399 e. The third-order valence-electron chi connectivity index (χ3n) is 3.62.